The lowest BCUT2D eigenvalue weighted by atomic mass is 10.2. The Hall–Kier alpha value is -0.170. The fourth-order valence-electron chi connectivity index (χ4n) is 2.22. The van der Waals surface area contributed by atoms with Gasteiger partial charge in [-0.15, -0.1) is 0 Å². The average Bonchev–Trinajstić information content (AvgIpc) is 2.41. The van der Waals surface area contributed by atoms with Crippen molar-refractivity contribution in [2.24, 2.45) is 0 Å². The minimum Gasteiger partial charge on any atom is -0.386 e. The second-order valence-electron chi connectivity index (χ2n) is 4.02. The van der Waals surface area contributed by atoms with Crippen LogP contribution in [0.2, 0.25) is 0 Å². The van der Waals surface area contributed by atoms with E-state index < -0.39 is 15.9 Å². The zero-order chi connectivity index (χ0) is 10.2. The first kappa shape index (κ1) is 10.4. The molecule has 0 aliphatic carbocycles. The summed E-state index contributed by atoms with van der Waals surface area (Å²) in [5.74, 6) is 0.0610. The van der Waals surface area contributed by atoms with E-state index in [4.69, 9.17) is 4.74 Å². The maximum absolute atomic E-state index is 11.3. The maximum atomic E-state index is 11.3. The minimum atomic E-state index is -3.01. The molecule has 0 spiro atoms. The molecule has 2 aliphatic heterocycles. The number of sulfone groups is 1. The Bertz CT molecular complexity index is 296. The number of aliphatic hydroxyl groups is 1. The number of quaternary nitrogens is 1. The smallest absolute Gasteiger partial charge is 0.159 e. The van der Waals surface area contributed by atoms with Crippen molar-refractivity contribution in [1.29, 1.82) is 0 Å². The van der Waals surface area contributed by atoms with E-state index in [0.29, 0.717) is 13.2 Å². The van der Waals surface area contributed by atoms with Gasteiger partial charge in [0.25, 0.3) is 0 Å². The second kappa shape index (κ2) is 3.77. The highest BCUT2D eigenvalue weighted by Crippen LogP contribution is 2.10. The van der Waals surface area contributed by atoms with Crippen LogP contribution < -0.4 is 4.90 Å². The Morgan fingerprint density at radius 1 is 1.21 bits per heavy atom. The molecule has 2 saturated heterocycles. The van der Waals surface area contributed by atoms with Gasteiger partial charge in [0.1, 0.15) is 31.0 Å². The van der Waals surface area contributed by atoms with Gasteiger partial charge < -0.3 is 14.7 Å². The molecule has 6 heteroatoms. The van der Waals surface area contributed by atoms with E-state index in [9.17, 15) is 13.5 Å². The lowest BCUT2D eigenvalue weighted by Gasteiger charge is -2.29. The summed E-state index contributed by atoms with van der Waals surface area (Å²) < 4.78 is 27.8. The van der Waals surface area contributed by atoms with E-state index in [-0.39, 0.29) is 17.5 Å². The van der Waals surface area contributed by atoms with Crippen LogP contribution in [-0.4, -0.2) is 63.5 Å². The summed E-state index contributed by atoms with van der Waals surface area (Å²) in [4.78, 5) is 1.17. The molecule has 2 heterocycles. The van der Waals surface area contributed by atoms with Crippen molar-refractivity contribution in [3.05, 3.63) is 0 Å². The normalized spacial score (nSPS) is 38.6. The summed E-state index contributed by atoms with van der Waals surface area (Å²) in [5, 5.41) is 9.64. The van der Waals surface area contributed by atoms with E-state index in [1.165, 1.54) is 4.90 Å². The highest BCUT2D eigenvalue weighted by molar-refractivity contribution is 7.91. The molecular formula is C8H16NO4S+. The van der Waals surface area contributed by atoms with E-state index in [2.05, 4.69) is 0 Å². The number of hydrogen-bond donors (Lipinski definition) is 2. The van der Waals surface area contributed by atoms with Gasteiger partial charge in [0.05, 0.1) is 19.0 Å². The quantitative estimate of drug-likeness (QED) is 0.498. The molecule has 0 aromatic carbocycles. The van der Waals surface area contributed by atoms with Crippen LogP contribution in [0.5, 0.6) is 0 Å². The van der Waals surface area contributed by atoms with E-state index in [0.717, 1.165) is 13.1 Å². The zero-order valence-corrected chi connectivity index (χ0v) is 8.79. The molecule has 0 amide bonds. The number of ether oxygens (including phenoxy) is 1. The van der Waals surface area contributed by atoms with Crippen LogP contribution in [0, 0.1) is 0 Å². The number of aliphatic hydroxyl groups excluding tert-OH is 1. The van der Waals surface area contributed by atoms with Gasteiger partial charge >= 0.3 is 0 Å². The lowest BCUT2D eigenvalue weighted by Crippen LogP contribution is -3.19. The van der Waals surface area contributed by atoms with Gasteiger partial charge in [-0.2, -0.15) is 0 Å². The fraction of sp³-hybridized carbons (Fsp3) is 1.00. The monoisotopic (exact) mass is 222 g/mol. The first-order valence-corrected chi connectivity index (χ1v) is 6.71. The summed E-state index contributed by atoms with van der Waals surface area (Å²) in [6.07, 6.45) is -0.687. The predicted molar refractivity (Wildman–Crippen MR) is 50.0 cm³/mol. The largest absolute Gasteiger partial charge is 0.386 e. The van der Waals surface area contributed by atoms with Gasteiger partial charge in [0.2, 0.25) is 0 Å². The molecule has 2 atom stereocenters. The number of nitrogens with one attached hydrogen (secondary N) is 1. The van der Waals surface area contributed by atoms with Crippen LogP contribution in [0.1, 0.15) is 0 Å². The molecule has 5 nitrogen and oxygen atoms in total. The van der Waals surface area contributed by atoms with Crippen molar-refractivity contribution in [3.8, 4) is 0 Å². The second-order valence-corrected chi connectivity index (χ2v) is 6.18. The Labute approximate surface area is 83.6 Å². The van der Waals surface area contributed by atoms with Crippen LogP contribution in [0.3, 0.4) is 0 Å². The number of rotatable bonds is 1. The van der Waals surface area contributed by atoms with Crippen molar-refractivity contribution in [2.75, 3.05) is 37.8 Å². The number of morpholine rings is 1. The van der Waals surface area contributed by atoms with Gasteiger partial charge in [0, 0.05) is 0 Å². The van der Waals surface area contributed by atoms with Crippen LogP contribution in [-0.2, 0) is 14.6 Å². The molecule has 0 saturated carbocycles. The summed E-state index contributed by atoms with van der Waals surface area (Å²) in [6.45, 7) is 2.94. The third kappa shape index (κ3) is 2.08. The Kier molecular flexibility index (Phi) is 2.79. The molecule has 2 rings (SSSR count). The molecule has 0 bridgehead atoms. The first-order chi connectivity index (χ1) is 6.58. The summed E-state index contributed by atoms with van der Waals surface area (Å²) in [6, 6.07) is -0.135. The van der Waals surface area contributed by atoms with Crippen LogP contribution in [0.4, 0.5) is 0 Å². The lowest BCUT2D eigenvalue weighted by molar-refractivity contribution is -0.932. The van der Waals surface area contributed by atoms with Gasteiger partial charge in [-0.3, -0.25) is 0 Å². The summed E-state index contributed by atoms with van der Waals surface area (Å²) in [5.41, 5.74) is 0. The minimum absolute atomic E-state index is 0.0674. The van der Waals surface area contributed by atoms with Crippen molar-refractivity contribution in [2.45, 2.75) is 12.1 Å². The topological polar surface area (TPSA) is 68.0 Å². The van der Waals surface area contributed by atoms with E-state index in [1.54, 1.807) is 0 Å². The Balaban J connectivity index is 2.04. The summed E-state index contributed by atoms with van der Waals surface area (Å²) in [7, 11) is -3.01. The third-order valence-corrected chi connectivity index (χ3v) is 4.70. The molecule has 0 radical (unpaired) electrons. The molecule has 0 aromatic rings. The van der Waals surface area contributed by atoms with Gasteiger partial charge in [-0.1, -0.05) is 0 Å². The molecule has 14 heavy (non-hydrogen) atoms. The van der Waals surface area contributed by atoms with Crippen molar-refractivity contribution in [3.63, 3.8) is 0 Å². The van der Waals surface area contributed by atoms with Gasteiger partial charge in [0.15, 0.2) is 9.84 Å². The van der Waals surface area contributed by atoms with Gasteiger partial charge in [-0.05, 0) is 0 Å². The zero-order valence-electron chi connectivity index (χ0n) is 7.98. The molecule has 2 aliphatic rings. The van der Waals surface area contributed by atoms with Crippen LogP contribution in [0.25, 0.3) is 0 Å². The Morgan fingerprint density at radius 3 is 2.36 bits per heavy atom. The molecule has 0 unspecified atom stereocenters. The van der Waals surface area contributed by atoms with E-state index in [1.807, 2.05) is 0 Å². The molecular weight excluding hydrogens is 206 g/mol. The first-order valence-electron chi connectivity index (χ1n) is 4.89. The SMILES string of the molecule is O=S1(=O)C[C@@H](O)[C@@H]([NH+]2CCOCC2)C1. The Morgan fingerprint density at radius 2 is 1.86 bits per heavy atom. The average molecular weight is 222 g/mol. The van der Waals surface area contributed by atoms with Crippen LogP contribution >= 0.6 is 0 Å². The molecule has 82 valence electrons. The van der Waals surface area contributed by atoms with Crippen molar-refractivity contribution < 1.29 is 23.2 Å². The number of hydrogen-bond acceptors (Lipinski definition) is 4. The molecule has 2 fully saturated rings. The third-order valence-electron chi connectivity index (χ3n) is 2.98. The van der Waals surface area contributed by atoms with E-state index >= 15 is 0 Å². The molecule has 0 aromatic heterocycles. The van der Waals surface area contributed by atoms with Crippen molar-refractivity contribution in [1.82, 2.24) is 0 Å². The fourth-order valence-corrected chi connectivity index (χ4v) is 4.12. The van der Waals surface area contributed by atoms with Crippen LogP contribution in [0.15, 0.2) is 0 Å². The predicted octanol–water partition coefficient (Wildman–Crippen LogP) is -2.94. The summed E-state index contributed by atoms with van der Waals surface area (Å²) >= 11 is 0. The van der Waals surface area contributed by atoms with Crippen molar-refractivity contribution >= 4 is 9.84 Å². The standard InChI is InChI=1S/C8H15NO4S/c10-8-6-14(11,12)5-7(8)9-1-3-13-4-2-9/h7-8,10H,1-6H2/p+1/t7-,8+/m0/s1. The molecule has 2 N–H and O–H groups in total. The highest BCUT2D eigenvalue weighted by atomic mass is 32.2. The highest BCUT2D eigenvalue weighted by Gasteiger charge is 2.43. The van der Waals surface area contributed by atoms with Gasteiger partial charge in [-0.25, -0.2) is 8.42 Å². The maximum Gasteiger partial charge on any atom is 0.159 e.